The van der Waals surface area contributed by atoms with Crippen molar-refractivity contribution in [3.05, 3.63) is 10.6 Å². The second-order valence-corrected chi connectivity index (χ2v) is 5.17. The zero-order chi connectivity index (χ0) is 10.3. The molecular formula is C10H12N2OS. The van der Waals surface area contributed by atoms with E-state index in [0.29, 0.717) is 12.1 Å². The average molecular weight is 208 g/mol. The molecule has 0 aliphatic carbocycles. The van der Waals surface area contributed by atoms with Crippen molar-refractivity contribution in [2.24, 2.45) is 4.99 Å². The Hall–Kier alpha value is -1.03. The molecule has 2 heterocycles. The van der Waals surface area contributed by atoms with E-state index in [1.807, 2.05) is 0 Å². The van der Waals surface area contributed by atoms with E-state index in [-0.39, 0.29) is 11.2 Å². The number of hydrogen-bond acceptors (Lipinski definition) is 4. The molecule has 0 bridgehead atoms. The second kappa shape index (κ2) is 2.98. The number of aromatic nitrogens is 1. The molecule has 0 saturated heterocycles. The van der Waals surface area contributed by atoms with E-state index < -0.39 is 0 Å². The molecular weight excluding hydrogens is 196 g/mol. The molecule has 4 heteroatoms. The highest BCUT2D eigenvalue weighted by molar-refractivity contribution is 7.06. The zero-order valence-electron chi connectivity index (χ0n) is 8.50. The molecule has 0 spiro atoms. The summed E-state index contributed by atoms with van der Waals surface area (Å²) in [7, 11) is 0. The first-order chi connectivity index (χ1) is 6.50. The van der Waals surface area contributed by atoms with Crippen LogP contribution in [0.5, 0.6) is 0 Å². The first-order valence-electron chi connectivity index (χ1n) is 4.56. The van der Waals surface area contributed by atoms with Gasteiger partial charge >= 0.3 is 0 Å². The zero-order valence-corrected chi connectivity index (χ0v) is 9.31. The van der Waals surface area contributed by atoms with Crippen LogP contribution in [0.4, 0.5) is 5.69 Å². The Bertz CT molecular complexity index is 412. The van der Waals surface area contributed by atoms with Crippen LogP contribution in [0.3, 0.4) is 0 Å². The lowest BCUT2D eigenvalue weighted by molar-refractivity contribution is 0.0997. The molecule has 14 heavy (non-hydrogen) atoms. The predicted octanol–water partition coefficient (Wildman–Crippen LogP) is 2.73. The van der Waals surface area contributed by atoms with Crippen molar-refractivity contribution >= 4 is 29.2 Å². The largest absolute Gasteiger partial charge is 0.292 e. The molecule has 74 valence electrons. The highest BCUT2D eigenvalue weighted by Crippen LogP contribution is 2.39. The van der Waals surface area contributed by atoms with Crippen molar-refractivity contribution < 1.29 is 4.79 Å². The highest BCUT2D eigenvalue weighted by atomic mass is 32.1. The van der Waals surface area contributed by atoms with Crippen molar-refractivity contribution in [1.29, 1.82) is 0 Å². The minimum atomic E-state index is 0.0141. The lowest BCUT2D eigenvalue weighted by atomic mass is 9.92. The number of ketones is 1. The summed E-state index contributed by atoms with van der Waals surface area (Å²) in [5, 5.41) is 0. The summed E-state index contributed by atoms with van der Waals surface area (Å²) in [4.78, 5) is 16.8. The number of aliphatic imine (C=N–C) groups is 1. The van der Waals surface area contributed by atoms with Crippen LogP contribution < -0.4 is 0 Å². The van der Waals surface area contributed by atoms with Gasteiger partial charge in [0.25, 0.3) is 0 Å². The summed E-state index contributed by atoms with van der Waals surface area (Å²) < 4.78 is 4.18. The first kappa shape index (κ1) is 9.52. The van der Waals surface area contributed by atoms with E-state index >= 15 is 0 Å². The number of nitrogens with zero attached hydrogens (tertiary/aromatic N) is 2. The van der Waals surface area contributed by atoms with Crippen LogP contribution in [-0.2, 0) is 5.41 Å². The van der Waals surface area contributed by atoms with Gasteiger partial charge in [-0.2, -0.15) is 4.37 Å². The lowest BCUT2D eigenvalue weighted by Crippen LogP contribution is -2.11. The van der Waals surface area contributed by atoms with Crippen LogP contribution in [0.2, 0.25) is 0 Å². The Balaban J connectivity index is 2.59. The molecule has 3 nitrogen and oxygen atoms in total. The van der Waals surface area contributed by atoms with E-state index in [9.17, 15) is 4.79 Å². The third kappa shape index (κ3) is 1.39. The maximum atomic E-state index is 11.5. The van der Waals surface area contributed by atoms with Crippen molar-refractivity contribution in [3.63, 3.8) is 0 Å². The van der Waals surface area contributed by atoms with Gasteiger partial charge in [0.1, 0.15) is 11.4 Å². The fourth-order valence-electron chi connectivity index (χ4n) is 1.40. The van der Waals surface area contributed by atoms with Crippen LogP contribution in [0, 0.1) is 0 Å². The van der Waals surface area contributed by atoms with E-state index in [4.69, 9.17) is 0 Å². The molecule has 1 aromatic rings. The summed E-state index contributed by atoms with van der Waals surface area (Å²) in [6.07, 6.45) is 2.06. The topological polar surface area (TPSA) is 42.3 Å². The first-order valence-corrected chi connectivity index (χ1v) is 5.33. The fourth-order valence-corrected chi connectivity index (χ4v) is 2.28. The molecule has 0 amide bonds. The normalized spacial score (nSPS) is 15.8. The monoisotopic (exact) mass is 208 g/mol. The molecule has 2 rings (SSSR count). The van der Waals surface area contributed by atoms with Crippen LogP contribution in [-0.4, -0.2) is 16.4 Å². The molecule has 0 N–H and O–H groups in total. The molecule has 0 unspecified atom stereocenters. The molecule has 1 aliphatic heterocycles. The van der Waals surface area contributed by atoms with Crippen LogP contribution in [0.15, 0.2) is 4.99 Å². The molecule has 0 atom stereocenters. The average Bonchev–Trinajstić information content (AvgIpc) is 2.47. The van der Waals surface area contributed by atoms with Crippen LogP contribution in [0.25, 0.3) is 0 Å². The van der Waals surface area contributed by atoms with Crippen molar-refractivity contribution in [1.82, 2.24) is 4.37 Å². The Morgan fingerprint density at radius 2 is 2.14 bits per heavy atom. The minimum Gasteiger partial charge on any atom is -0.292 e. The molecule has 1 aromatic heterocycles. The van der Waals surface area contributed by atoms with Crippen molar-refractivity contribution in [2.75, 3.05) is 0 Å². The third-order valence-corrected chi connectivity index (χ3v) is 3.37. The van der Waals surface area contributed by atoms with Gasteiger partial charge in [0, 0.05) is 18.1 Å². The molecule has 0 fully saturated rings. The number of rotatable bonds is 0. The number of fused-ring (bicyclic) bond motifs is 1. The van der Waals surface area contributed by atoms with E-state index in [1.165, 1.54) is 11.5 Å². The summed E-state index contributed by atoms with van der Waals surface area (Å²) in [6, 6.07) is 0. The van der Waals surface area contributed by atoms with Gasteiger partial charge in [0.15, 0.2) is 5.78 Å². The van der Waals surface area contributed by atoms with Gasteiger partial charge in [-0.25, -0.2) is 0 Å². The lowest BCUT2D eigenvalue weighted by Gasteiger charge is -2.17. The second-order valence-electron chi connectivity index (χ2n) is 4.40. The summed E-state index contributed by atoms with van der Waals surface area (Å²) in [5.41, 5.74) is 1.36. The maximum Gasteiger partial charge on any atom is 0.189 e. The number of hydrogen-bond donors (Lipinski definition) is 0. The SMILES string of the molecule is CC(C)(C)c1snc2c1N=CCC2=O. The fraction of sp³-hybridized carbons (Fsp3) is 0.500. The summed E-state index contributed by atoms with van der Waals surface area (Å²) in [6.45, 7) is 6.32. The summed E-state index contributed by atoms with van der Waals surface area (Å²) >= 11 is 1.39. The highest BCUT2D eigenvalue weighted by Gasteiger charge is 2.28. The smallest absolute Gasteiger partial charge is 0.189 e. The predicted molar refractivity (Wildman–Crippen MR) is 57.9 cm³/mol. The number of carbonyl (C=O) groups is 1. The molecule has 1 aliphatic rings. The Labute approximate surface area is 87.0 Å². The maximum absolute atomic E-state index is 11.5. The van der Waals surface area contributed by atoms with Crippen LogP contribution >= 0.6 is 11.5 Å². The van der Waals surface area contributed by atoms with Crippen LogP contribution in [0.1, 0.15) is 42.6 Å². The quantitative estimate of drug-likeness (QED) is 0.658. The van der Waals surface area contributed by atoms with Gasteiger partial charge in [-0.3, -0.25) is 9.79 Å². The molecule has 0 aromatic carbocycles. The summed E-state index contributed by atoms with van der Waals surface area (Å²) in [5.74, 6) is 0.0850. The molecule has 0 radical (unpaired) electrons. The number of carbonyl (C=O) groups excluding carboxylic acids is 1. The Morgan fingerprint density at radius 3 is 2.79 bits per heavy atom. The van der Waals surface area contributed by atoms with Gasteiger partial charge in [-0.05, 0) is 11.5 Å². The molecule has 0 saturated carbocycles. The van der Waals surface area contributed by atoms with Crippen molar-refractivity contribution in [2.45, 2.75) is 32.6 Å². The van der Waals surface area contributed by atoms with Crippen molar-refractivity contribution in [3.8, 4) is 0 Å². The van der Waals surface area contributed by atoms with Gasteiger partial charge in [0.2, 0.25) is 0 Å². The van der Waals surface area contributed by atoms with E-state index in [1.54, 1.807) is 6.21 Å². The van der Waals surface area contributed by atoms with Gasteiger partial charge in [-0.1, -0.05) is 20.8 Å². The number of Topliss-reactive ketones (excluding diaryl/α,β-unsaturated/α-hetero) is 1. The minimum absolute atomic E-state index is 0.0141. The standard InChI is InChI=1S/C10H12N2OS/c1-10(2,3)9-8-7(12-14-9)6(13)4-5-11-8/h5H,4H2,1-3H3. The van der Waals surface area contributed by atoms with Gasteiger partial charge in [0.05, 0.1) is 4.88 Å². The Kier molecular flexibility index (Phi) is 2.03. The Morgan fingerprint density at radius 1 is 1.43 bits per heavy atom. The van der Waals surface area contributed by atoms with Gasteiger partial charge < -0.3 is 0 Å². The third-order valence-electron chi connectivity index (χ3n) is 2.11. The van der Waals surface area contributed by atoms with Gasteiger partial charge in [-0.15, -0.1) is 0 Å². The van der Waals surface area contributed by atoms with E-state index in [2.05, 4.69) is 30.1 Å². The van der Waals surface area contributed by atoms with E-state index in [0.717, 1.165) is 10.6 Å².